The third-order valence-corrected chi connectivity index (χ3v) is 6.92. The summed E-state index contributed by atoms with van der Waals surface area (Å²) < 4.78 is 32.7. The molecule has 8 heteroatoms. The van der Waals surface area contributed by atoms with E-state index in [2.05, 4.69) is 22.2 Å². The van der Waals surface area contributed by atoms with Crippen LogP contribution in [0.5, 0.6) is 0 Å². The lowest BCUT2D eigenvalue weighted by molar-refractivity contribution is 0.485. The lowest BCUT2D eigenvalue weighted by atomic mass is 10.1. The molecule has 1 aliphatic rings. The van der Waals surface area contributed by atoms with Crippen LogP contribution < -0.4 is 10.0 Å². The zero-order valence-corrected chi connectivity index (χ0v) is 17.7. The number of nitrogens with zero attached hydrogens (tertiary/aromatic N) is 2. The summed E-state index contributed by atoms with van der Waals surface area (Å²) in [6.07, 6.45) is 3.86. The number of sulfonamides is 1. The van der Waals surface area contributed by atoms with Crippen molar-refractivity contribution in [2.45, 2.75) is 31.4 Å². The number of hydrogen-bond donors (Lipinski definition) is 2. The minimum absolute atomic E-state index is 0.409. The van der Waals surface area contributed by atoms with Crippen LogP contribution in [0.25, 0.3) is 0 Å². The van der Waals surface area contributed by atoms with Crippen LogP contribution in [0.15, 0.2) is 58.1 Å². The SMILES string of the molecule is CCNS(=O)(=O)C1CCN(C(=NCCc2ccco2)NCCc2ccccc2)C1. The van der Waals surface area contributed by atoms with Gasteiger partial charge in [0.1, 0.15) is 5.76 Å². The van der Waals surface area contributed by atoms with Gasteiger partial charge in [0.25, 0.3) is 0 Å². The van der Waals surface area contributed by atoms with Crippen LogP contribution in [-0.2, 0) is 22.9 Å². The molecule has 1 saturated heterocycles. The van der Waals surface area contributed by atoms with Gasteiger partial charge in [-0.05, 0) is 30.5 Å². The summed E-state index contributed by atoms with van der Waals surface area (Å²) in [7, 11) is -3.29. The fraction of sp³-hybridized carbons (Fsp3) is 0.476. The van der Waals surface area contributed by atoms with Crippen molar-refractivity contribution in [2.24, 2.45) is 4.99 Å². The van der Waals surface area contributed by atoms with Gasteiger partial charge >= 0.3 is 0 Å². The normalized spacial score (nSPS) is 17.6. The van der Waals surface area contributed by atoms with Gasteiger partial charge < -0.3 is 14.6 Å². The number of nitrogens with one attached hydrogen (secondary N) is 2. The molecule has 1 unspecified atom stereocenters. The molecule has 29 heavy (non-hydrogen) atoms. The van der Waals surface area contributed by atoms with Gasteiger partial charge in [0.15, 0.2) is 5.96 Å². The van der Waals surface area contributed by atoms with E-state index >= 15 is 0 Å². The summed E-state index contributed by atoms with van der Waals surface area (Å²) in [5.74, 6) is 1.66. The molecular weight excluding hydrogens is 388 g/mol. The second-order valence-corrected chi connectivity index (χ2v) is 9.14. The van der Waals surface area contributed by atoms with E-state index in [1.165, 1.54) is 5.56 Å². The Hall–Kier alpha value is -2.32. The number of hydrogen-bond acceptors (Lipinski definition) is 4. The molecule has 1 aromatic heterocycles. The van der Waals surface area contributed by atoms with E-state index in [4.69, 9.17) is 9.41 Å². The highest BCUT2D eigenvalue weighted by atomic mass is 32.2. The van der Waals surface area contributed by atoms with Crippen LogP contribution in [0, 0.1) is 0 Å². The Morgan fingerprint density at radius 3 is 2.76 bits per heavy atom. The van der Waals surface area contributed by atoms with Crippen molar-refractivity contribution >= 4 is 16.0 Å². The van der Waals surface area contributed by atoms with Crippen LogP contribution in [0.4, 0.5) is 0 Å². The summed E-state index contributed by atoms with van der Waals surface area (Å²) in [5, 5.41) is 3.02. The first-order chi connectivity index (χ1) is 14.1. The Balaban J connectivity index is 1.62. The Morgan fingerprint density at radius 2 is 2.03 bits per heavy atom. The highest BCUT2D eigenvalue weighted by Gasteiger charge is 2.33. The molecule has 1 aliphatic heterocycles. The third kappa shape index (κ3) is 6.33. The van der Waals surface area contributed by atoms with Crippen LogP contribution in [0.1, 0.15) is 24.7 Å². The third-order valence-electron chi connectivity index (χ3n) is 4.97. The Bertz CT molecular complexity index is 867. The first-order valence-electron chi connectivity index (χ1n) is 10.2. The summed E-state index contributed by atoms with van der Waals surface area (Å²) in [6, 6.07) is 14.1. The van der Waals surface area contributed by atoms with E-state index in [0.29, 0.717) is 39.0 Å². The average Bonchev–Trinajstić information content (AvgIpc) is 3.40. The van der Waals surface area contributed by atoms with Crippen molar-refractivity contribution in [2.75, 3.05) is 32.7 Å². The van der Waals surface area contributed by atoms with E-state index < -0.39 is 15.3 Å². The maximum Gasteiger partial charge on any atom is 0.216 e. The first kappa shape index (κ1) is 21.4. The van der Waals surface area contributed by atoms with Gasteiger partial charge in [0, 0.05) is 39.1 Å². The lowest BCUT2D eigenvalue weighted by Gasteiger charge is -2.22. The first-order valence-corrected chi connectivity index (χ1v) is 11.7. The predicted octanol–water partition coefficient (Wildman–Crippen LogP) is 2.02. The van der Waals surface area contributed by atoms with Gasteiger partial charge in [-0.25, -0.2) is 13.1 Å². The van der Waals surface area contributed by atoms with Gasteiger partial charge in [-0.15, -0.1) is 0 Å². The van der Waals surface area contributed by atoms with Crippen LogP contribution in [-0.4, -0.2) is 57.3 Å². The molecule has 0 spiro atoms. The Morgan fingerprint density at radius 1 is 1.21 bits per heavy atom. The van der Waals surface area contributed by atoms with E-state index in [1.807, 2.05) is 35.2 Å². The molecule has 158 valence electrons. The van der Waals surface area contributed by atoms with Crippen molar-refractivity contribution in [3.63, 3.8) is 0 Å². The number of furan rings is 1. The van der Waals surface area contributed by atoms with Gasteiger partial charge in [0.2, 0.25) is 10.0 Å². The molecule has 2 aromatic rings. The molecule has 0 bridgehead atoms. The number of benzene rings is 1. The largest absolute Gasteiger partial charge is 0.469 e. The molecule has 1 aromatic carbocycles. The van der Waals surface area contributed by atoms with Crippen LogP contribution in [0.3, 0.4) is 0 Å². The zero-order valence-electron chi connectivity index (χ0n) is 16.9. The van der Waals surface area contributed by atoms with Gasteiger partial charge in [-0.1, -0.05) is 37.3 Å². The van der Waals surface area contributed by atoms with Gasteiger partial charge in [-0.3, -0.25) is 4.99 Å². The fourth-order valence-corrected chi connectivity index (χ4v) is 4.88. The summed E-state index contributed by atoms with van der Waals surface area (Å²) >= 11 is 0. The number of guanidine groups is 1. The minimum Gasteiger partial charge on any atom is -0.469 e. The summed E-state index contributed by atoms with van der Waals surface area (Å²) in [5.41, 5.74) is 1.25. The van der Waals surface area contributed by atoms with Crippen molar-refractivity contribution < 1.29 is 12.8 Å². The van der Waals surface area contributed by atoms with Crippen LogP contribution in [0.2, 0.25) is 0 Å². The number of aliphatic imine (C=N–C) groups is 1. The van der Waals surface area contributed by atoms with E-state index in [1.54, 1.807) is 13.2 Å². The standard InChI is InChI=1S/C21H30N4O3S/c1-2-24-29(26,27)20-12-15-25(17-20)21(23-14-11-19-9-6-16-28-19)22-13-10-18-7-4-3-5-8-18/h3-9,16,20,24H,2,10-15,17H2,1H3,(H,22,23). The molecule has 3 rings (SSSR count). The average molecular weight is 419 g/mol. The number of likely N-dealkylation sites (tertiary alicyclic amines) is 1. The molecule has 2 N–H and O–H groups in total. The van der Waals surface area contributed by atoms with E-state index in [9.17, 15) is 8.42 Å². The molecular formula is C21H30N4O3S. The Labute approximate surface area is 173 Å². The molecule has 2 heterocycles. The summed E-state index contributed by atoms with van der Waals surface area (Å²) in [4.78, 5) is 6.78. The lowest BCUT2D eigenvalue weighted by Crippen LogP contribution is -2.43. The van der Waals surface area contributed by atoms with Gasteiger partial charge in [0.05, 0.1) is 11.5 Å². The highest BCUT2D eigenvalue weighted by molar-refractivity contribution is 7.90. The van der Waals surface area contributed by atoms with Gasteiger partial charge in [-0.2, -0.15) is 0 Å². The topological polar surface area (TPSA) is 86.9 Å². The van der Waals surface area contributed by atoms with Crippen molar-refractivity contribution in [3.05, 3.63) is 60.1 Å². The van der Waals surface area contributed by atoms with E-state index in [0.717, 1.165) is 24.7 Å². The van der Waals surface area contributed by atoms with E-state index in [-0.39, 0.29) is 0 Å². The van der Waals surface area contributed by atoms with Crippen molar-refractivity contribution in [3.8, 4) is 0 Å². The zero-order chi connectivity index (χ0) is 20.5. The Kier molecular flexibility index (Phi) is 7.71. The maximum atomic E-state index is 12.4. The quantitative estimate of drug-likeness (QED) is 0.481. The van der Waals surface area contributed by atoms with Crippen LogP contribution >= 0.6 is 0 Å². The predicted molar refractivity (Wildman–Crippen MR) is 115 cm³/mol. The monoisotopic (exact) mass is 418 g/mol. The molecule has 7 nitrogen and oxygen atoms in total. The minimum atomic E-state index is -3.29. The molecule has 1 atom stereocenters. The molecule has 0 aliphatic carbocycles. The fourth-order valence-electron chi connectivity index (χ4n) is 3.45. The molecule has 1 fully saturated rings. The highest BCUT2D eigenvalue weighted by Crippen LogP contribution is 2.16. The molecule has 0 radical (unpaired) electrons. The maximum absolute atomic E-state index is 12.4. The second kappa shape index (κ2) is 10.5. The second-order valence-electron chi connectivity index (χ2n) is 7.10. The molecule has 0 saturated carbocycles. The van der Waals surface area contributed by atoms with Crippen molar-refractivity contribution in [1.29, 1.82) is 0 Å². The summed E-state index contributed by atoms with van der Waals surface area (Å²) in [6.45, 7) is 4.67. The molecule has 0 amide bonds. The number of rotatable bonds is 9. The smallest absolute Gasteiger partial charge is 0.216 e. The van der Waals surface area contributed by atoms with Crippen molar-refractivity contribution in [1.82, 2.24) is 14.9 Å².